The lowest BCUT2D eigenvalue weighted by Gasteiger charge is -2.35. The molecule has 3 heteroatoms. The van der Waals surface area contributed by atoms with E-state index >= 15 is 0 Å². The Hall–Kier alpha value is -5.41. The largest absolute Gasteiger partial charge is 0.487 e. The summed E-state index contributed by atoms with van der Waals surface area (Å²) in [6.45, 7) is 17.6. The van der Waals surface area contributed by atoms with Crippen LogP contribution in [0.2, 0.25) is 0 Å². The Balaban J connectivity index is 1.22. The van der Waals surface area contributed by atoms with Crippen LogP contribution >= 0.6 is 0 Å². The minimum absolute atomic E-state index is 0.00957. The Kier molecular flexibility index (Phi) is 10.3. The molecule has 1 aliphatic rings. The number of ketones is 1. The Morgan fingerprint density at radius 1 is 0.564 bits per heavy atom. The lowest BCUT2D eigenvalue weighted by molar-refractivity contribution is 0.0794. The molecule has 0 unspecified atom stereocenters. The number of hydrogen-bond donors (Lipinski definition) is 0. The molecule has 0 amide bonds. The Morgan fingerprint density at radius 3 is 1.51 bits per heavy atom. The average Bonchev–Trinajstić information content (AvgIpc) is 3.53. The average molecular weight is 727 g/mol. The summed E-state index contributed by atoms with van der Waals surface area (Å²) in [6, 6.07) is 46.6. The van der Waals surface area contributed by atoms with E-state index in [1.165, 1.54) is 38.9 Å². The number of carbonyl (C=O) groups is 1. The molecule has 0 spiro atoms. The van der Waals surface area contributed by atoms with Crippen molar-refractivity contribution in [3.8, 4) is 28.4 Å². The van der Waals surface area contributed by atoms with Crippen LogP contribution in [0.1, 0.15) is 122 Å². The number of aryl methyl sites for hydroxylation is 2. The molecule has 6 aromatic rings. The Morgan fingerprint density at radius 2 is 1.04 bits per heavy atom. The van der Waals surface area contributed by atoms with Crippen LogP contribution in [0.4, 0.5) is 0 Å². The first-order valence-corrected chi connectivity index (χ1v) is 20.0. The molecular weight excluding hydrogens is 673 g/mol. The van der Waals surface area contributed by atoms with Gasteiger partial charge < -0.3 is 9.47 Å². The zero-order valence-corrected chi connectivity index (χ0v) is 33.8. The van der Waals surface area contributed by atoms with Gasteiger partial charge in [0.05, 0.1) is 5.41 Å². The van der Waals surface area contributed by atoms with Crippen LogP contribution in [0.25, 0.3) is 11.1 Å². The molecule has 1 aliphatic carbocycles. The molecule has 0 aliphatic heterocycles. The van der Waals surface area contributed by atoms with Crippen LogP contribution < -0.4 is 9.47 Å². The van der Waals surface area contributed by atoms with Crippen molar-refractivity contribution in [2.75, 3.05) is 0 Å². The summed E-state index contributed by atoms with van der Waals surface area (Å²) in [5.41, 5.74) is 11.6. The highest BCUT2D eigenvalue weighted by molar-refractivity contribution is 6.09. The molecule has 3 nitrogen and oxygen atoms in total. The number of hydrogen-bond acceptors (Lipinski definition) is 3. The molecule has 280 valence electrons. The first-order chi connectivity index (χ1) is 26.5. The van der Waals surface area contributed by atoms with Crippen LogP contribution in [-0.4, -0.2) is 11.4 Å². The molecule has 0 saturated heterocycles. The first kappa shape index (κ1) is 37.9. The molecule has 0 atom stereocenters. The maximum absolute atomic E-state index is 13.4. The van der Waals surface area contributed by atoms with E-state index in [1.807, 2.05) is 36.4 Å². The second-order valence-corrected chi connectivity index (χ2v) is 15.9. The van der Waals surface area contributed by atoms with E-state index in [9.17, 15) is 4.79 Å². The molecule has 0 aromatic heterocycles. The molecule has 0 N–H and O–H groups in total. The van der Waals surface area contributed by atoms with Crippen LogP contribution in [0.3, 0.4) is 0 Å². The number of fused-ring (bicyclic) bond motifs is 3. The standard InChI is InChI=1S/C52H54O3/c1-9-50(7,10-2)39-25-21-37(22-26-39)49(53)38-23-29-42(30-24-38)54-47-31-27-40(33-35(47)5)52(41-28-32-48(36(6)34-41)55-51(8,11-3)12-4)45-19-15-13-17-43(45)44-18-14-16-20-46(44)52/h13-34H,9-12H2,1-8H3. The third kappa shape index (κ3) is 6.69. The summed E-state index contributed by atoms with van der Waals surface area (Å²) in [5.74, 6) is 2.41. The second-order valence-electron chi connectivity index (χ2n) is 15.9. The van der Waals surface area contributed by atoms with Crippen molar-refractivity contribution >= 4 is 5.78 Å². The fourth-order valence-corrected chi connectivity index (χ4v) is 8.33. The molecule has 0 bridgehead atoms. The predicted molar refractivity (Wildman–Crippen MR) is 227 cm³/mol. The first-order valence-electron chi connectivity index (χ1n) is 20.0. The van der Waals surface area contributed by atoms with Gasteiger partial charge >= 0.3 is 0 Å². The summed E-state index contributed by atoms with van der Waals surface area (Å²) in [6.07, 6.45) is 4.00. The number of benzene rings is 6. The van der Waals surface area contributed by atoms with Crippen molar-refractivity contribution in [1.29, 1.82) is 0 Å². The lowest BCUT2D eigenvalue weighted by atomic mass is 9.67. The van der Waals surface area contributed by atoms with Gasteiger partial charge in [0.15, 0.2) is 5.78 Å². The van der Waals surface area contributed by atoms with E-state index in [-0.39, 0.29) is 16.8 Å². The smallest absolute Gasteiger partial charge is 0.193 e. The van der Waals surface area contributed by atoms with Gasteiger partial charge in [0, 0.05) is 11.1 Å². The zero-order valence-electron chi connectivity index (χ0n) is 33.8. The lowest BCUT2D eigenvalue weighted by Crippen LogP contribution is -2.31. The molecule has 0 saturated carbocycles. The minimum atomic E-state index is -0.537. The summed E-state index contributed by atoms with van der Waals surface area (Å²) in [5, 5.41) is 0. The highest BCUT2D eigenvalue weighted by atomic mass is 16.5. The van der Waals surface area contributed by atoms with Gasteiger partial charge in [0.2, 0.25) is 0 Å². The maximum atomic E-state index is 13.4. The zero-order chi connectivity index (χ0) is 39.0. The molecule has 7 rings (SSSR count). The summed E-state index contributed by atoms with van der Waals surface area (Å²) >= 11 is 0. The van der Waals surface area contributed by atoms with Crippen molar-refractivity contribution in [3.63, 3.8) is 0 Å². The topological polar surface area (TPSA) is 35.5 Å². The summed E-state index contributed by atoms with van der Waals surface area (Å²) < 4.78 is 13.1. The van der Waals surface area contributed by atoms with Gasteiger partial charge in [-0.3, -0.25) is 4.79 Å². The van der Waals surface area contributed by atoms with E-state index < -0.39 is 5.41 Å². The van der Waals surface area contributed by atoms with E-state index in [0.717, 1.165) is 48.3 Å². The van der Waals surface area contributed by atoms with Crippen molar-refractivity contribution in [2.24, 2.45) is 0 Å². The monoisotopic (exact) mass is 726 g/mol. The van der Waals surface area contributed by atoms with Gasteiger partial charge in [0.25, 0.3) is 0 Å². The van der Waals surface area contributed by atoms with Gasteiger partial charge in [0.1, 0.15) is 22.8 Å². The second kappa shape index (κ2) is 15.0. The molecule has 55 heavy (non-hydrogen) atoms. The predicted octanol–water partition coefficient (Wildman–Crippen LogP) is 13.7. The van der Waals surface area contributed by atoms with Gasteiger partial charge in [-0.25, -0.2) is 0 Å². The number of rotatable bonds is 13. The van der Waals surface area contributed by atoms with Crippen LogP contribution in [0.5, 0.6) is 17.2 Å². The van der Waals surface area contributed by atoms with Crippen molar-refractivity contribution in [1.82, 2.24) is 0 Å². The number of ether oxygens (including phenoxy) is 2. The third-order valence-corrected chi connectivity index (χ3v) is 12.8. The SMILES string of the molecule is CCC(C)(CC)Oc1ccc(C2(c3ccc(Oc4ccc(C(=O)c5ccc(C(C)(CC)CC)cc5)cc4)c(C)c3)c3ccccc3-c3ccccc32)cc1C. The quantitative estimate of drug-likeness (QED) is 0.111. The van der Waals surface area contributed by atoms with Crippen LogP contribution in [0.15, 0.2) is 133 Å². The number of carbonyl (C=O) groups excluding carboxylic acids is 1. The van der Waals surface area contributed by atoms with Crippen LogP contribution in [0, 0.1) is 13.8 Å². The van der Waals surface area contributed by atoms with E-state index in [2.05, 4.69) is 152 Å². The van der Waals surface area contributed by atoms with Crippen LogP contribution in [-0.2, 0) is 10.8 Å². The summed E-state index contributed by atoms with van der Waals surface area (Å²) in [4.78, 5) is 13.4. The molecular formula is C52H54O3. The maximum Gasteiger partial charge on any atom is 0.193 e. The Labute approximate surface area is 328 Å². The van der Waals surface area contributed by atoms with Gasteiger partial charge in [-0.05, 0) is 138 Å². The minimum Gasteiger partial charge on any atom is -0.487 e. The molecule has 0 fully saturated rings. The fourth-order valence-electron chi connectivity index (χ4n) is 8.33. The van der Waals surface area contributed by atoms with E-state index in [0.29, 0.717) is 16.9 Å². The Bertz CT molecular complexity index is 2280. The van der Waals surface area contributed by atoms with Gasteiger partial charge in [-0.1, -0.05) is 132 Å². The molecule has 0 heterocycles. The molecule has 0 radical (unpaired) electrons. The van der Waals surface area contributed by atoms with Gasteiger partial charge in [-0.2, -0.15) is 0 Å². The summed E-state index contributed by atoms with van der Waals surface area (Å²) in [7, 11) is 0. The third-order valence-electron chi connectivity index (χ3n) is 12.8. The fraction of sp³-hybridized carbons (Fsp3) is 0.288. The van der Waals surface area contributed by atoms with E-state index in [1.54, 1.807) is 0 Å². The van der Waals surface area contributed by atoms with Gasteiger partial charge in [-0.15, -0.1) is 0 Å². The normalized spacial score (nSPS) is 13.2. The van der Waals surface area contributed by atoms with Crippen molar-refractivity contribution in [2.45, 2.75) is 97.5 Å². The van der Waals surface area contributed by atoms with Crippen molar-refractivity contribution < 1.29 is 14.3 Å². The van der Waals surface area contributed by atoms with Crippen molar-refractivity contribution in [3.05, 3.63) is 184 Å². The highest BCUT2D eigenvalue weighted by Gasteiger charge is 2.46. The molecule has 6 aromatic carbocycles. The highest BCUT2D eigenvalue weighted by Crippen LogP contribution is 2.56. The van der Waals surface area contributed by atoms with E-state index in [4.69, 9.17) is 9.47 Å².